The third-order valence-corrected chi connectivity index (χ3v) is 11.7. The molecule has 0 aromatic rings. The molecule has 0 saturated heterocycles. The van der Waals surface area contributed by atoms with Gasteiger partial charge in [-0.15, -0.1) is 0 Å². The van der Waals surface area contributed by atoms with Crippen molar-refractivity contribution in [2.45, 2.75) is 244 Å². The summed E-state index contributed by atoms with van der Waals surface area (Å²) in [7, 11) is 5.42. The Morgan fingerprint density at radius 3 is 1.33 bits per heavy atom. The van der Waals surface area contributed by atoms with Gasteiger partial charge in [0.1, 0.15) is 12.6 Å². The average molecular weight is 886 g/mol. The largest absolute Gasteiger partial charge is 0.544 e. The summed E-state index contributed by atoms with van der Waals surface area (Å²) in [4.78, 5) is 37.0. The van der Waals surface area contributed by atoms with E-state index in [0.29, 0.717) is 12.8 Å². The van der Waals surface area contributed by atoms with Crippen molar-refractivity contribution in [1.29, 1.82) is 0 Å². The number of nitrogens with zero attached hydrogens (tertiary/aromatic N) is 1. The van der Waals surface area contributed by atoms with Crippen molar-refractivity contribution in [3.63, 3.8) is 0 Å². The summed E-state index contributed by atoms with van der Waals surface area (Å²) in [5.41, 5.74) is 0. The van der Waals surface area contributed by atoms with E-state index in [1.54, 1.807) is 21.1 Å². The highest BCUT2D eigenvalue weighted by molar-refractivity contribution is 5.70. The van der Waals surface area contributed by atoms with Crippen LogP contribution in [0.15, 0.2) is 48.6 Å². The molecule has 0 aliphatic heterocycles. The number of allylic oxidation sites excluding steroid dienone is 8. The van der Waals surface area contributed by atoms with Gasteiger partial charge < -0.3 is 28.6 Å². The van der Waals surface area contributed by atoms with Crippen LogP contribution in [0.2, 0.25) is 0 Å². The number of carbonyl (C=O) groups is 3. The molecule has 0 aromatic heterocycles. The van der Waals surface area contributed by atoms with Crippen LogP contribution in [-0.4, -0.2) is 75.5 Å². The Morgan fingerprint density at radius 1 is 0.492 bits per heavy atom. The lowest BCUT2D eigenvalue weighted by atomic mass is 10.0. The van der Waals surface area contributed by atoms with Crippen molar-refractivity contribution in [3.8, 4) is 0 Å². The minimum atomic E-state index is -1.12. The van der Waals surface area contributed by atoms with E-state index >= 15 is 0 Å². The lowest BCUT2D eigenvalue weighted by molar-refractivity contribution is -0.889. The molecule has 0 fully saturated rings. The second-order valence-corrected chi connectivity index (χ2v) is 18.7. The van der Waals surface area contributed by atoms with Crippen molar-refractivity contribution >= 4 is 17.9 Å². The number of carboxylic acids is 1. The molecule has 0 aliphatic rings. The molecule has 0 aromatic carbocycles. The Bertz CT molecular complexity index is 1170. The molecule has 0 amide bonds. The molecule has 0 spiro atoms. The van der Waals surface area contributed by atoms with E-state index in [-0.39, 0.29) is 42.7 Å². The Labute approximate surface area is 388 Å². The Morgan fingerprint density at radius 2 is 0.889 bits per heavy atom. The summed E-state index contributed by atoms with van der Waals surface area (Å²) in [6, 6.07) is -0.727. The highest BCUT2D eigenvalue weighted by Crippen LogP contribution is 2.16. The van der Waals surface area contributed by atoms with Crippen LogP contribution < -0.4 is 5.11 Å². The first kappa shape index (κ1) is 60.3. The summed E-state index contributed by atoms with van der Waals surface area (Å²) in [5.74, 6) is -1.74. The summed E-state index contributed by atoms with van der Waals surface area (Å²) in [6.45, 7) is 4.57. The van der Waals surface area contributed by atoms with Crippen LogP contribution in [0, 0.1) is 0 Å². The molecule has 0 radical (unpaired) electrons. The molecule has 0 heterocycles. The van der Waals surface area contributed by atoms with E-state index < -0.39 is 18.1 Å². The summed E-state index contributed by atoms with van der Waals surface area (Å²) in [6.07, 6.45) is 55.7. The quantitative estimate of drug-likeness (QED) is 0.0259. The summed E-state index contributed by atoms with van der Waals surface area (Å²) >= 11 is 0. The summed E-state index contributed by atoms with van der Waals surface area (Å²) in [5, 5.41) is 11.7. The number of ether oxygens (including phenoxy) is 3. The Kier molecular flexibility index (Phi) is 43.9. The molecule has 8 nitrogen and oxygen atoms in total. The van der Waals surface area contributed by atoms with Gasteiger partial charge in [0.25, 0.3) is 0 Å². The normalized spacial score (nSPS) is 13.2. The van der Waals surface area contributed by atoms with Crippen LogP contribution in [0.25, 0.3) is 0 Å². The molecule has 8 heteroatoms. The molecular formula is C55H99NO7. The number of quaternary nitrogens is 1. The lowest BCUT2D eigenvalue weighted by Gasteiger charge is -2.34. The van der Waals surface area contributed by atoms with Crippen molar-refractivity contribution < 1.29 is 38.2 Å². The number of unbranched alkanes of at least 4 members (excludes halogenated alkanes) is 25. The maximum atomic E-state index is 12.8. The fourth-order valence-corrected chi connectivity index (χ4v) is 7.67. The first-order chi connectivity index (χ1) is 30.6. The zero-order chi connectivity index (χ0) is 46.3. The molecular weight excluding hydrogens is 787 g/mol. The van der Waals surface area contributed by atoms with Gasteiger partial charge in [-0.25, -0.2) is 0 Å². The predicted octanol–water partition coefficient (Wildman–Crippen LogP) is 13.8. The van der Waals surface area contributed by atoms with Gasteiger partial charge in [0.2, 0.25) is 0 Å². The number of rotatable bonds is 47. The maximum Gasteiger partial charge on any atom is 0.306 e. The van der Waals surface area contributed by atoms with Gasteiger partial charge in [0.05, 0.1) is 40.3 Å². The predicted molar refractivity (Wildman–Crippen MR) is 263 cm³/mol. The smallest absolute Gasteiger partial charge is 0.306 e. The van der Waals surface area contributed by atoms with Crippen molar-refractivity contribution in [1.82, 2.24) is 0 Å². The van der Waals surface area contributed by atoms with E-state index in [9.17, 15) is 19.5 Å². The van der Waals surface area contributed by atoms with Crippen molar-refractivity contribution in [3.05, 3.63) is 48.6 Å². The van der Waals surface area contributed by atoms with Crippen LogP contribution >= 0.6 is 0 Å². The topological polar surface area (TPSA) is 102 Å². The van der Waals surface area contributed by atoms with Gasteiger partial charge in [0.15, 0.2) is 6.10 Å². The fourth-order valence-electron chi connectivity index (χ4n) is 7.67. The number of aliphatic carboxylic acids is 1. The Hall–Kier alpha value is -2.71. The molecule has 0 bridgehead atoms. The Balaban J connectivity index is 4.19. The number of esters is 2. The van der Waals surface area contributed by atoms with Crippen LogP contribution in [-0.2, 0) is 28.6 Å². The van der Waals surface area contributed by atoms with E-state index in [2.05, 4.69) is 62.5 Å². The van der Waals surface area contributed by atoms with Gasteiger partial charge in [-0.2, -0.15) is 0 Å². The minimum absolute atomic E-state index is 0.0383. The van der Waals surface area contributed by atoms with E-state index in [4.69, 9.17) is 14.2 Å². The number of carbonyl (C=O) groups excluding carboxylic acids is 3. The van der Waals surface area contributed by atoms with Crippen molar-refractivity contribution in [2.75, 3.05) is 41.0 Å². The first-order valence-corrected chi connectivity index (χ1v) is 26.2. The molecule has 0 saturated carbocycles. The molecule has 2 atom stereocenters. The maximum absolute atomic E-state index is 12.8. The monoisotopic (exact) mass is 886 g/mol. The third kappa shape index (κ3) is 44.3. The molecule has 0 aliphatic carbocycles. The highest BCUT2D eigenvalue weighted by Gasteiger charge is 2.25. The first-order valence-electron chi connectivity index (χ1n) is 26.2. The second-order valence-electron chi connectivity index (χ2n) is 18.7. The van der Waals surface area contributed by atoms with Gasteiger partial charge in [-0.1, -0.05) is 191 Å². The standard InChI is InChI=1S/C55H99NO7/c1-6-8-10-12-14-16-18-20-22-24-25-26-27-28-29-30-32-33-35-37-39-41-43-45-53(57)62-50-51(49-61-48-47-52(55(59)60)56(3,4)5)63-54(58)46-44-42-40-38-36-34-31-23-21-19-17-15-13-11-9-7-2/h8,10,14,16,20,22-23,31,51-52H,6-7,9,11-13,15,17-19,21,24-30,32-50H2,1-5H3/b10-8+,16-14+,22-20+,31-23+. The van der Waals surface area contributed by atoms with Crippen LogP contribution in [0.3, 0.4) is 0 Å². The van der Waals surface area contributed by atoms with Gasteiger partial charge in [-0.3, -0.25) is 9.59 Å². The average Bonchev–Trinajstić information content (AvgIpc) is 3.24. The highest BCUT2D eigenvalue weighted by atomic mass is 16.6. The third-order valence-electron chi connectivity index (χ3n) is 11.7. The van der Waals surface area contributed by atoms with E-state index in [1.807, 2.05) is 0 Å². The zero-order valence-corrected chi connectivity index (χ0v) is 41.7. The van der Waals surface area contributed by atoms with Gasteiger partial charge in [-0.05, 0) is 70.6 Å². The van der Waals surface area contributed by atoms with Gasteiger partial charge in [0, 0.05) is 19.3 Å². The zero-order valence-electron chi connectivity index (χ0n) is 41.7. The SMILES string of the molecule is CC/C=C/C/C=C/C/C=C/CCCCCCCCCCCCCCCC(=O)OCC(COCCC(C(=O)[O-])[N+](C)(C)C)OC(=O)CCCCCCC/C=C/CCCCCCCCC. The number of hydrogen-bond donors (Lipinski definition) is 0. The molecule has 2 unspecified atom stereocenters. The molecule has 366 valence electrons. The summed E-state index contributed by atoms with van der Waals surface area (Å²) < 4.78 is 17.2. The van der Waals surface area contributed by atoms with Crippen LogP contribution in [0.5, 0.6) is 0 Å². The van der Waals surface area contributed by atoms with E-state index in [1.165, 1.54) is 128 Å². The molecule has 0 N–H and O–H groups in total. The number of likely N-dealkylation sites (N-methyl/N-ethyl adjacent to an activating group) is 1. The minimum Gasteiger partial charge on any atom is -0.544 e. The lowest BCUT2D eigenvalue weighted by Crippen LogP contribution is -2.55. The fraction of sp³-hybridized carbons (Fsp3) is 0.800. The van der Waals surface area contributed by atoms with E-state index in [0.717, 1.165) is 70.6 Å². The van der Waals surface area contributed by atoms with Gasteiger partial charge >= 0.3 is 11.9 Å². The van der Waals surface area contributed by atoms with Crippen LogP contribution in [0.4, 0.5) is 0 Å². The molecule has 63 heavy (non-hydrogen) atoms. The number of carboxylic acid groups (broad SMARTS) is 1. The molecule has 0 rings (SSSR count). The second kappa shape index (κ2) is 45.8. The van der Waals surface area contributed by atoms with Crippen LogP contribution in [0.1, 0.15) is 232 Å². The van der Waals surface area contributed by atoms with Crippen molar-refractivity contribution in [2.24, 2.45) is 0 Å². The number of hydrogen-bond acceptors (Lipinski definition) is 7.